The summed E-state index contributed by atoms with van der Waals surface area (Å²) in [5.74, 6) is 4.39. The fourth-order valence-corrected chi connectivity index (χ4v) is 5.70. The standard InChI is InChI=1S/C28H29F5/c1-2-3-4-5-18-8-12-23-21(14-18)10-11-22-15-19(9-13-24(22)23)6-7-20-16-25(29)27(26(30)17-20)28(31,32)33/h9,13,15-18,21,23H,2-5,8,10-12,14H2,1H3. The third kappa shape index (κ3) is 5.42. The van der Waals surface area contributed by atoms with Crippen molar-refractivity contribution in [3.05, 3.63) is 69.8 Å². The molecule has 0 aromatic heterocycles. The van der Waals surface area contributed by atoms with Crippen LogP contribution < -0.4 is 0 Å². The van der Waals surface area contributed by atoms with E-state index in [0.717, 1.165) is 18.3 Å². The van der Waals surface area contributed by atoms with Crippen molar-refractivity contribution in [2.75, 3.05) is 0 Å². The highest BCUT2D eigenvalue weighted by Gasteiger charge is 2.38. The van der Waals surface area contributed by atoms with Crippen LogP contribution in [0.15, 0.2) is 30.3 Å². The quantitative estimate of drug-likeness (QED) is 0.244. The van der Waals surface area contributed by atoms with Gasteiger partial charge in [0.2, 0.25) is 0 Å². The van der Waals surface area contributed by atoms with Crippen LogP contribution in [0.25, 0.3) is 0 Å². The number of unbranched alkanes of at least 4 members (excludes halogenated alkanes) is 2. The largest absolute Gasteiger partial charge is 0.422 e. The first-order valence-corrected chi connectivity index (χ1v) is 12.0. The highest BCUT2D eigenvalue weighted by atomic mass is 19.4. The number of rotatable bonds is 4. The molecule has 0 bridgehead atoms. The predicted molar refractivity (Wildman–Crippen MR) is 120 cm³/mol. The van der Waals surface area contributed by atoms with E-state index in [1.807, 2.05) is 12.1 Å². The van der Waals surface area contributed by atoms with Crippen LogP contribution in [0.1, 0.15) is 92.0 Å². The smallest absolute Gasteiger partial charge is 0.206 e. The lowest BCUT2D eigenvalue weighted by atomic mass is 9.64. The summed E-state index contributed by atoms with van der Waals surface area (Å²) in [5.41, 5.74) is 1.39. The zero-order chi connectivity index (χ0) is 23.6. The van der Waals surface area contributed by atoms with Crippen molar-refractivity contribution in [2.45, 2.75) is 76.8 Å². The molecule has 4 rings (SSSR count). The zero-order valence-electron chi connectivity index (χ0n) is 18.9. The number of benzene rings is 2. The molecule has 3 unspecified atom stereocenters. The SMILES string of the molecule is CCCCCC1CCC2c3ccc(C#Cc4cc(F)c(C(F)(F)F)c(F)c4)cc3CCC2C1. The Balaban J connectivity index is 1.48. The fourth-order valence-electron chi connectivity index (χ4n) is 5.70. The molecule has 0 nitrogen and oxygen atoms in total. The molecule has 2 aromatic carbocycles. The number of hydrogen-bond donors (Lipinski definition) is 0. The second-order valence-electron chi connectivity index (χ2n) is 9.56. The summed E-state index contributed by atoms with van der Waals surface area (Å²) in [6, 6.07) is 7.35. The molecular weight excluding hydrogens is 431 g/mol. The Bertz CT molecular complexity index is 1030. The average molecular weight is 461 g/mol. The highest BCUT2D eigenvalue weighted by molar-refractivity contribution is 5.48. The summed E-state index contributed by atoms with van der Waals surface area (Å²) >= 11 is 0. The second-order valence-corrected chi connectivity index (χ2v) is 9.56. The lowest BCUT2D eigenvalue weighted by Crippen LogP contribution is -2.28. The Morgan fingerprint density at radius 1 is 0.909 bits per heavy atom. The van der Waals surface area contributed by atoms with Crippen molar-refractivity contribution in [3.63, 3.8) is 0 Å². The average Bonchev–Trinajstić information content (AvgIpc) is 2.76. The molecule has 0 heterocycles. The van der Waals surface area contributed by atoms with Gasteiger partial charge in [0.25, 0.3) is 0 Å². The first-order valence-electron chi connectivity index (χ1n) is 12.0. The number of aryl methyl sites for hydroxylation is 1. The summed E-state index contributed by atoms with van der Waals surface area (Å²) in [4.78, 5) is 0. The second kappa shape index (κ2) is 9.87. The van der Waals surface area contributed by atoms with Gasteiger partial charge in [0.15, 0.2) is 0 Å². The number of hydrogen-bond acceptors (Lipinski definition) is 0. The lowest BCUT2D eigenvalue weighted by molar-refractivity contribution is -0.142. The van der Waals surface area contributed by atoms with Gasteiger partial charge in [-0.2, -0.15) is 13.2 Å². The van der Waals surface area contributed by atoms with E-state index in [4.69, 9.17) is 0 Å². The maximum atomic E-state index is 13.8. The van der Waals surface area contributed by atoms with Crippen LogP contribution >= 0.6 is 0 Å². The third-order valence-electron chi connectivity index (χ3n) is 7.31. The van der Waals surface area contributed by atoms with E-state index in [1.165, 1.54) is 62.5 Å². The van der Waals surface area contributed by atoms with E-state index < -0.39 is 23.4 Å². The minimum absolute atomic E-state index is 0.114. The minimum Gasteiger partial charge on any atom is -0.206 e. The van der Waals surface area contributed by atoms with Gasteiger partial charge in [0.1, 0.15) is 17.2 Å². The Morgan fingerprint density at radius 2 is 1.64 bits per heavy atom. The van der Waals surface area contributed by atoms with Gasteiger partial charge in [-0.1, -0.05) is 50.5 Å². The summed E-state index contributed by atoms with van der Waals surface area (Å²) in [6.45, 7) is 2.24. The molecule has 33 heavy (non-hydrogen) atoms. The first kappa shape index (κ1) is 23.8. The Hall–Kier alpha value is -2.35. The Morgan fingerprint density at radius 3 is 2.33 bits per heavy atom. The topological polar surface area (TPSA) is 0 Å². The molecular formula is C28H29F5. The molecule has 176 valence electrons. The molecule has 0 aliphatic heterocycles. The molecule has 0 radical (unpaired) electrons. The van der Waals surface area contributed by atoms with Crippen LogP contribution in [0.2, 0.25) is 0 Å². The van der Waals surface area contributed by atoms with E-state index in [-0.39, 0.29) is 5.56 Å². The number of halogens is 5. The molecule has 1 fully saturated rings. The van der Waals surface area contributed by atoms with E-state index in [0.29, 0.717) is 23.6 Å². The van der Waals surface area contributed by atoms with Crippen molar-refractivity contribution in [3.8, 4) is 11.8 Å². The molecule has 0 N–H and O–H groups in total. The van der Waals surface area contributed by atoms with Crippen LogP contribution in [0.4, 0.5) is 22.0 Å². The van der Waals surface area contributed by atoms with Crippen LogP contribution in [0.5, 0.6) is 0 Å². The van der Waals surface area contributed by atoms with E-state index in [9.17, 15) is 22.0 Å². The number of alkyl halides is 3. The van der Waals surface area contributed by atoms with E-state index in [2.05, 4.69) is 24.8 Å². The van der Waals surface area contributed by atoms with Gasteiger partial charge in [-0.25, -0.2) is 8.78 Å². The van der Waals surface area contributed by atoms with Crippen molar-refractivity contribution >= 4 is 0 Å². The van der Waals surface area contributed by atoms with Crippen LogP contribution in [0, 0.1) is 35.3 Å². The molecule has 5 heteroatoms. The van der Waals surface area contributed by atoms with Gasteiger partial charge in [0.05, 0.1) is 0 Å². The molecule has 2 aliphatic carbocycles. The van der Waals surface area contributed by atoms with Crippen LogP contribution in [-0.4, -0.2) is 0 Å². The van der Waals surface area contributed by atoms with Gasteiger partial charge < -0.3 is 0 Å². The van der Waals surface area contributed by atoms with Crippen LogP contribution in [0.3, 0.4) is 0 Å². The highest BCUT2D eigenvalue weighted by Crippen LogP contribution is 2.48. The van der Waals surface area contributed by atoms with Crippen LogP contribution in [-0.2, 0) is 12.6 Å². The maximum absolute atomic E-state index is 13.8. The number of fused-ring (bicyclic) bond motifs is 3. The normalized spacial score (nSPS) is 22.2. The van der Waals surface area contributed by atoms with Gasteiger partial charge in [-0.3, -0.25) is 0 Å². The molecule has 0 spiro atoms. The van der Waals surface area contributed by atoms with Crippen molar-refractivity contribution in [2.24, 2.45) is 11.8 Å². The third-order valence-corrected chi connectivity index (χ3v) is 7.31. The van der Waals surface area contributed by atoms with Gasteiger partial charge in [-0.15, -0.1) is 0 Å². The molecule has 0 amide bonds. The summed E-state index contributed by atoms with van der Waals surface area (Å²) in [6.07, 6.45) is 6.20. The molecule has 3 atom stereocenters. The molecule has 2 aliphatic rings. The van der Waals surface area contributed by atoms with Crippen molar-refractivity contribution < 1.29 is 22.0 Å². The summed E-state index contributed by atoms with van der Waals surface area (Å²) in [5, 5.41) is 0. The monoisotopic (exact) mass is 460 g/mol. The maximum Gasteiger partial charge on any atom is 0.422 e. The predicted octanol–water partition coefficient (Wildman–Crippen LogP) is 8.41. The summed E-state index contributed by atoms with van der Waals surface area (Å²) < 4.78 is 65.8. The fraction of sp³-hybridized carbons (Fsp3) is 0.500. The Kier molecular flexibility index (Phi) is 7.12. The summed E-state index contributed by atoms with van der Waals surface area (Å²) in [7, 11) is 0. The van der Waals surface area contributed by atoms with Gasteiger partial charge in [0, 0.05) is 11.1 Å². The lowest BCUT2D eigenvalue weighted by Gasteiger charge is -2.40. The minimum atomic E-state index is -5.08. The molecule has 0 saturated heterocycles. The Labute approximate surface area is 192 Å². The first-order chi connectivity index (χ1) is 15.8. The van der Waals surface area contributed by atoms with Gasteiger partial charge in [-0.05, 0) is 85.3 Å². The molecule has 1 saturated carbocycles. The van der Waals surface area contributed by atoms with Crippen molar-refractivity contribution in [1.82, 2.24) is 0 Å². The van der Waals surface area contributed by atoms with Gasteiger partial charge >= 0.3 is 6.18 Å². The zero-order valence-corrected chi connectivity index (χ0v) is 18.9. The van der Waals surface area contributed by atoms with E-state index in [1.54, 1.807) is 0 Å². The van der Waals surface area contributed by atoms with E-state index >= 15 is 0 Å². The van der Waals surface area contributed by atoms with Crippen molar-refractivity contribution in [1.29, 1.82) is 0 Å². The molecule has 2 aromatic rings.